The summed E-state index contributed by atoms with van der Waals surface area (Å²) in [4.78, 5) is 33.7. The molecule has 0 spiro atoms. The van der Waals surface area contributed by atoms with Gasteiger partial charge in [-0.3, -0.25) is 4.79 Å². The van der Waals surface area contributed by atoms with E-state index in [1.807, 2.05) is 0 Å². The Labute approximate surface area is 117 Å². The number of ketones is 1. The molecular weight excluding hydrogens is 266 g/mol. The van der Waals surface area contributed by atoms with Crippen LogP contribution in [0.1, 0.15) is 40.0 Å². The number of aliphatic carboxylic acids is 1. The fraction of sp³-hybridized carbons (Fsp3) is 0.769. The van der Waals surface area contributed by atoms with Crippen LogP contribution in [-0.2, 0) is 14.3 Å². The van der Waals surface area contributed by atoms with E-state index in [0.29, 0.717) is 6.42 Å². The second-order valence-electron chi connectivity index (χ2n) is 6.00. The first-order chi connectivity index (χ1) is 9.10. The van der Waals surface area contributed by atoms with Crippen molar-refractivity contribution in [1.82, 2.24) is 5.32 Å². The van der Waals surface area contributed by atoms with Crippen LogP contribution in [-0.4, -0.2) is 45.8 Å². The lowest BCUT2D eigenvalue weighted by Crippen LogP contribution is -2.50. The highest BCUT2D eigenvalue weighted by atomic mass is 16.6. The van der Waals surface area contributed by atoms with Crippen molar-refractivity contribution >= 4 is 17.8 Å². The molecule has 7 nitrogen and oxygen atoms in total. The van der Waals surface area contributed by atoms with E-state index in [-0.39, 0.29) is 12.8 Å². The predicted molar refractivity (Wildman–Crippen MR) is 69.1 cm³/mol. The molecule has 0 aromatic heterocycles. The van der Waals surface area contributed by atoms with Gasteiger partial charge in [0, 0.05) is 5.92 Å². The third kappa shape index (κ3) is 4.80. The Balaban J connectivity index is 2.61. The molecule has 3 N–H and O–H groups in total. The molecule has 1 aliphatic carbocycles. The van der Waals surface area contributed by atoms with Crippen LogP contribution in [0.25, 0.3) is 0 Å². The Morgan fingerprint density at radius 3 is 2.30 bits per heavy atom. The van der Waals surface area contributed by atoms with E-state index in [4.69, 9.17) is 9.84 Å². The molecule has 1 rings (SSSR count). The molecule has 0 radical (unpaired) electrons. The molecule has 114 valence electrons. The number of aliphatic hydroxyl groups excluding tert-OH is 1. The van der Waals surface area contributed by atoms with Crippen LogP contribution in [0, 0.1) is 5.92 Å². The smallest absolute Gasteiger partial charge is 0.407 e. The van der Waals surface area contributed by atoms with Crippen molar-refractivity contribution in [3.8, 4) is 0 Å². The summed E-state index contributed by atoms with van der Waals surface area (Å²) in [6.45, 7) is 5.13. The molecule has 1 amide bonds. The van der Waals surface area contributed by atoms with E-state index in [1.54, 1.807) is 20.8 Å². The van der Waals surface area contributed by atoms with E-state index in [1.165, 1.54) is 0 Å². The van der Waals surface area contributed by atoms with Crippen molar-refractivity contribution in [3.05, 3.63) is 0 Å². The molecule has 0 heterocycles. The minimum atomic E-state index is -1.48. The second-order valence-corrected chi connectivity index (χ2v) is 6.00. The fourth-order valence-electron chi connectivity index (χ4n) is 2.18. The maximum atomic E-state index is 11.6. The number of hydrogen-bond acceptors (Lipinski definition) is 5. The van der Waals surface area contributed by atoms with Crippen LogP contribution in [0.4, 0.5) is 4.79 Å². The zero-order valence-corrected chi connectivity index (χ0v) is 11.9. The SMILES string of the molecule is CC(C)(C)OC(=O)N[C@@H]1C[C@@H](C(=O)C(=O)O)CC[C@H]1O. The molecule has 7 heteroatoms. The Kier molecular flexibility index (Phi) is 5.10. The first kappa shape index (κ1) is 16.4. The summed E-state index contributed by atoms with van der Waals surface area (Å²) in [6.07, 6.45) is -0.820. The Morgan fingerprint density at radius 2 is 1.80 bits per heavy atom. The van der Waals surface area contributed by atoms with Crippen molar-refractivity contribution in [2.24, 2.45) is 5.92 Å². The van der Waals surface area contributed by atoms with Crippen LogP contribution in [0.5, 0.6) is 0 Å². The van der Waals surface area contributed by atoms with Gasteiger partial charge in [-0.2, -0.15) is 0 Å². The van der Waals surface area contributed by atoms with Crippen LogP contribution < -0.4 is 5.32 Å². The van der Waals surface area contributed by atoms with Gasteiger partial charge in [0.05, 0.1) is 12.1 Å². The van der Waals surface area contributed by atoms with Crippen LogP contribution in [0.3, 0.4) is 0 Å². The van der Waals surface area contributed by atoms with Gasteiger partial charge in [0.1, 0.15) is 5.60 Å². The lowest BCUT2D eigenvalue weighted by molar-refractivity contribution is -0.152. The van der Waals surface area contributed by atoms with Gasteiger partial charge in [0.2, 0.25) is 5.78 Å². The summed E-state index contributed by atoms with van der Waals surface area (Å²) in [5.41, 5.74) is -0.667. The zero-order chi connectivity index (χ0) is 15.5. The van der Waals surface area contributed by atoms with E-state index in [9.17, 15) is 19.5 Å². The Morgan fingerprint density at radius 1 is 1.20 bits per heavy atom. The van der Waals surface area contributed by atoms with Crippen molar-refractivity contribution < 1.29 is 29.3 Å². The summed E-state index contributed by atoms with van der Waals surface area (Å²) in [5.74, 6) is -3.05. The van der Waals surface area contributed by atoms with Crippen molar-refractivity contribution in [2.45, 2.75) is 57.8 Å². The van der Waals surface area contributed by atoms with Gasteiger partial charge in [-0.25, -0.2) is 9.59 Å². The number of alkyl carbamates (subject to hydrolysis) is 1. The number of carboxylic acid groups (broad SMARTS) is 1. The highest BCUT2D eigenvalue weighted by molar-refractivity contribution is 6.33. The number of hydrogen-bond donors (Lipinski definition) is 3. The number of amides is 1. The van der Waals surface area contributed by atoms with Gasteiger partial charge in [-0.05, 0) is 40.0 Å². The minimum Gasteiger partial charge on any atom is -0.475 e. The number of nitrogens with one attached hydrogen (secondary N) is 1. The first-order valence-electron chi connectivity index (χ1n) is 6.55. The van der Waals surface area contributed by atoms with Crippen molar-refractivity contribution in [1.29, 1.82) is 0 Å². The molecule has 1 fully saturated rings. The first-order valence-corrected chi connectivity index (χ1v) is 6.55. The van der Waals surface area contributed by atoms with Gasteiger partial charge in [0.15, 0.2) is 0 Å². The Hall–Kier alpha value is -1.63. The molecule has 0 unspecified atom stereocenters. The molecule has 0 aliphatic heterocycles. The molecular formula is C13H21NO6. The molecule has 0 bridgehead atoms. The van der Waals surface area contributed by atoms with E-state index >= 15 is 0 Å². The molecule has 1 saturated carbocycles. The largest absolute Gasteiger partial charge is 0.475 e. The highest BCUT2D eigenvalue weighted by Crippen LogP contribution is 2.26. The van der Waals surface area contributed by atoms with E-state index < -0.39 is 41.5 Å². The number of aliphatic hydroxyl groups is 1. The fourth-order valence-corrected chi connectivity index (χ4v) is 2.18. The van der Waals surface area contributed by atoms with Crippen LogP contribution >= 0.6 is 0 Å². The van der Waals surface area contributed by atoms with Gasteiger partial charge < -0.3 is 20.3 Å². The lowest BCUT2D eigenvalue weighted by atomic mass is 9.81. The monoisotopic (exact) mass is 287 g/mol. The average molecular weight is 287 g/mol. The number of Topliss-reactive ketones (excluding diaryl/α,β-unsaturated/α-hetero) is 1. The maximum Gasteiger partial charge on any atom is 0.407 e. The summed E-state index contributed by atoms with van der Waals surface area (Å²) in [7, 11) is 0. The van der Waals surface area contributed by atoms with Crippen LogP contribution in [0.2, 0.25) is 0 Å². The standard InChI is InChI=1S/C13H21NO6/c1-13(2,3)20-12(19)14-8-6-7(4-5-9(8)15)10(16)11(17)18/h7-9,15H,4-6H2,1-3H3,(H,14,19)(H,17,18)/t7-,8+,9+/m0/s1. The number of ether oxygens (including phenoxy) is 1. The molecule has 0 aromatic rings. The topological polar surface area (TPSA) is 113 Å². The minimum absolute atomic E-state index is 0.103. The van der Waals surface area contributed by atoms with Gasteiger partial charge in [-0.15, -0.1) is 0 Å². The second kappa shape index (κ2) is 6.21. The maximum absolute atomic E-state index is 11.6. The van der Waals surface area contributed by atoms with Crippen molar-refractivity contribution in [2.75, 3.05) is 0 Å². The number of rotatable bonds is 3. The molecule has 0 aromatic carbocycles. The van der Waals surface area contributed by atoms with Gasteiger partial charge >= 0.3 is 12.1 Å². The molecule has 1 aliphatic rings. The normalized spacial score (nSPS) is 26.7. The van der Waals surface area contributed by atoms with Crippen LogP contribution in [0.15, 0.2) is 0 Å². The van der Waals surface area contributed by atoms with Gasteiger partial charge in [-0.1, -0.05) is 0 Å². The van der Waals surface area contributed by atoms with E-state index in [0.717, 1.165) is 0 Å². The lowest BCUT2D eigenvalue weighted by Gasteiger charge is -2.33. The summed E-state index contributed by atoms with van der Waals surface area (Å²) < 4.78 is 5.07. The third-order valence-electron chi connectivity index (χ3n) is 3.10. The summed E-state index contributed by atoms with van der Waals surface area (Å²) in [6, 6.07) is -0.674. The quantitative estimate of drug-likeness (QED) is 0.658. The number of carboxylic acids is 1. The summed E-state index contributed by atoms with van der Waals surface area (Å²) in [5, 5.41) is 21.0. The average Bonchev–Trinajstić information content (AvgIpc) is 2.28. The zero-order valence-electron chi connectivity index (χ0n) is 11.9. The molecule has 3 atom stereocenters. The number of carbonyl (C=O) groups is 3. The predicted octanol–water partition coefficient (Wildman–Crippen LogP) is 0.694. The highest BCUT2D eigenvalue weighted by Gasteiger charge is 2.36. The summed E-state index contributed by atoms with van der Waals surface area (Å²) >= 11 is 0. The number of carbonyl (C=O) groups excluding carboxylic acids is 2. The molecule has 20 heavy (non-hydrogen) atoms. The van der Waals surface area contributed by atoms with Crippen molar-refractivity contribution in [3.63, 3.8) is 0 Å². The third-order valence-corrected chi connectivity index (χ3v) is 3.10. The van der Waals surface area contributed by atoms with E-state index in [2.05, 4.69) is 5.32 Å². The van der Waals surface area contributed by atoms with Gasteiger partial charge in [0.25, 0.3) is 0 Å². The molecule has 0 saturated heterocycles. The Bertz CT molecular complexity index is 400.